The molecule has 0 aliphatic heterocycles. The van der Waals surface area contributed by atoms with Crippen molar-refractivity contribution in [1.82, 2.24) is 9.78 Å². The second-order valence-electron chi connectivity index (χ2n) is 4.71. The predicted molar refractivity (Wildman–Crippen MR) is 81.4 cm³/mol. The smallest absolute Gasteiger partial charge is 0.165 e. The summed E-state index contributed by atoms with van der Waals surface area (Å²) < 4.78 is 12.9. The van der Waals surface area contributed by atoms with Crippen LogP contribution in [0.2, 0.25) is 0 Å². The van der Waals surface area contributed by atoms with Gasteiger partial charge in [-0.15, -0.1) is 0 Å². The van der Waals surface area contributed by atoms with Crippen LogP contribution in [0.3, 0.4) is 0 Å². The third-order valence-electron chi connectivity index (χ3n) is 3.15. The van der Waals surface area contributed by atoms with E-state index in [0.29, 0.717) is 5.75 Å². The van der Waals surface area contributed by atoms with Crippen molar-refractivity contribution >= 4 is 0 Å². The number of aryl methyl sites for hydroxylation is 1. The molecule has 0 radical (unpaired) electrons. The van der Waals surface area contributed by atoms with Crippen LogP contribution >= 0.6 is 0 Å². The number of ether oxygens (including phenoxy) is 2. The topological polar surface area (TPSA) is 36.3 Å². The summed E-state index contributed by atoms with van der Waals surface area (Å²) in [4.78, 5) is 0. The quantitative estimate of drug-likeness (QED) is 0.725. The van der Waals surface area contributed by atoms with Gasteiger partial charge in [-0.25, -0.2) is 4.68 Å². The molecule has 3 rings (SSSR count). The monoisotopic (exact) mass is 280 g/mol. The van der Waals surface area contributed by atoms with Gasteiger partial charge in [0.2, 0.25) is 0 Å². The maximum Gasteiger partial charge on any atom is 0.165 e. The van der Waals surface area contributed by atoms with Crippen LogP contribution in [0.15, 0.2) is 60.9 Å². The number of nitrogens with zero attached hydrogens (tertiary/aromatic N) is 2. The molecule has 4 heteroatoms. The molecule has 0 N–H and O–H groups in total. The lowest BCUT2D eigenvalue weighted by Gasteiger charge is -2.07. The summed E-state index contributed by atoms with van der Waals surface area (Å²) in [6, 6.07) is 15.6. The summed E-state index contributed by atoms with van der Waals surface area (Å²) in [6.45, 7) is 2.05. The van der Waals surface area contributed by atoms with E-state index >= 15 is 0 Å². The van der Waals surface area contributed by atoms with Gasteiger partial charge in [-0.1, -0.05) is 29.8 Å². The molecule has 0 spiro atoms. The fraction of sp³-hybridized carbons (Fsp3) is 0.118. The first-order valence-electron chi connectivity index (χ1n) is 6.69. The Hall–Kier alpha value is -2.75. The van der Waals surface area contributed by atoms with E-state index in [0.717, 1.165) is 17.2 Å². The van der Waals surface area contributed by atoms with E-state index in [2.05, 4.69) is 5.10 Å². The highest BCUT2D eigenvalue weighted by molar-refractivity contribution is 5.46. The van der Waals surface area contributed by atoms with Gasteiger partial charge in [-0.05, 0) is 31.2 Å². The van der Waals surface area contributed by atoms with E-state index in [-0.39, 0.29) is 0 Å². The average molecular weight is 280 g/mol. The third-order valence-corrected chi connectivity index (χ3v) is 3.15. The van der Waals surface area contributed by atoms with Crippen molar-refractivity contribution in [3.05, 3.63) is 66.5 Å². The van der Waals surface area contributed by atoms with E-state index < -0.39 is 0 Å². The highest BCUT2D eigenvalue weighted by Crippen LogP contribution is 2.25. The molecule has 0 atom stereocenters. The van der Waals surface area contributed by atoms with Crippen LogP contribution in [0.4, 0.5) is 0 Å². The predicted octanol–water partition coefficient (Wildman–Crippen LogP) is 3.98. The molecular weight excluding hydrogens is 264 g/mol. The average Bonchev–Trinajstić information content (AvgIpc) is 2.98. The van der Waals surface area contributed by atoms with E-state index in [1.165, 1.54) is 5.56 Å². The Balaban J connectivity index is 1.84. The van der Waals surface area contributed by atoms with Crippen molar-refractivity contribution in [1.29, 1.82) is 0 Å². The molecule has 0 amide bonds. The number of methoxy groups -OCH3 is 1. The largest absolute Gasteiger partial charge is 0.494 e. The summed E-state index contributed by atoms with van der Waals surface area (Å²) in [5.41, 5.74) is 2.07. The Morgan fingerprint density at radius 1 is 0.952 bits per heavy atom. The van der Waals surface area contributed by atoms with Crippen molar-refractivity contribution in [3.63, 3.8) is 0 Å². The standard InChI is InChI=1S/C17H16N2O2/c1-13-7-9-14(10-8-13)21-15-11-18-19(12-15)16-5-3-4-6-17(16)20-2/h3-12H,1-2H3. The highest BCUT2D eigenvalue weighted by atomic mass is 16.5. The summed E-state index contributed by atoms with van der Waals surface area (Å²) in [6.07, 6.45) is 3.52. The van der Waals surface area contributed by atoms with E-state index in [4.69, 9.17) is 9.47 Å². The van der Waals surface area contributed by atoms with Crippen LogP contribution in [-0.2, 0) is 0 Å². The van der Waals surface area contributed by atoms with Crippen LogP contribution in [-0.4, -0.2) is 16.9 Å². The number of hydrogen-bond donors (Lipinski definition) is 0. The maximum absolute atomic E-state index is 5.78. The molecule has 4 nitrogen and oxygen atoms in total. The molecule has 1 aromatic heterocycles. The Morgan fingerprint density at radius 3 is 2.48 bits per heavy atom. The zero-order valence-electron chi connectivity index (χ0n) is 12.0. The van der Waals surface area contributed by atoms with E-state index in [1.54, 1.807) is 18.0 Å². The second kappa shape index (κ2) is 5.71. The van der Waals surface area contributed by atoms with Crippen molar-refractivity contribution in [2.24, 2.45) is 0 Å². The van der Waals surface area contributed by atoms with Gasteiger partial charge in [0.05, 0.1) is 19.5 Å². The molecule has 0 saturated heterocycles. The number of aromatic nitrogens is 2. The van der Waals surface area contributed by atoms with Crippen molar-refractivity contribution in [3.8, 4) is 22.9 Å². The van der Waals surface area contributed by atoms with Crippen LogP contribution in [0, 0.1) is 6.92 Å². The van der Waals surface area contributed by atoms with Gasteiger partial charge in [-0.2, -0.15) is 5.10 Å². The van der Waals surface area contributed by atoms with Gasteiger partial charge in [0.15, 0.2) is 5.75 Å². The van der Waals surface area contributed by atoms with E-state index in [9.17, 15) is 0 Å². The van der Waals surface area contributed by atoms with Gasteiger partial charge in [0.25, 0.3) is 0 Å². The van der Waals surface area contributed by atoms with Gasteiger partial charge in [0, 0.05) is 0 Å². The van der Waals surface area contributed by atoms with Gasteiger partial charge in [-0.3, -0.25) is 0 Å². The van der Waals surface area contributed by atoms with E-state index in [1.807, 2.05) is 61.7 Å². The minimum atomic E-state index is 0.685. The molecule has 106 valence electrons. The van der Waals surface area contributed by atoms with Crippen LogP contribution < -0.4 is 9.47 Å². The van der Waals surface area contributed by atoms with Gasteiger partial charge in [0.1, 0.15) is 17.2 Å². The third kappa shape index (κ3) is 2.89. The SMILES string of the molecule is COc1ccccc1-n1cc(Oc2ccc(C)cc2)cn1. The van der Waals surface area contributed by atoms with Gasteiger partial charge >= 0.3 is 0 Å². The molecule has 0 unspecified atom stereocenters. The molecule has 0 fully saturated rings. The minimum absolute atomic E-state index is 0.685. The molecule has 0 aliphatic carbocycles. The number of hydrogen-bond acceptors (Lipinski definition) is 3. The molecule has 21 heavy (non-hydrogen) atoms. The Labute approximate surface area is 123 Å². The minimum Gasteiger partial charge on any atom is -0.494 e. The number of benzene rings is 2. The van der Waals surface area contributed by atoms with Crippen molar-refractivity contribution in [2.75, 3.05) is 7.11 Å². The normalized spacial score (nSPS) is 10.4. The Bertz CT molecular complexity index is 733. The van der Waals surface area contributed by atoms with Crippen LogP contribution in [0.25, 0.3) is 5.69 Å². The van der Waals surface area contributed by atoms with Crippen LogP contribution in [0.1, 0.15) is 5.56 Å². The molecule has 1 heterocycles. The second-order valence-corrected chi connectivity index (χ2v) is 4.71. The Morgan fingerprint density at radius 2 is 1.71 bits per heavy atom. The zero-order valence-corrected chi connectivity index (χ0v) is 12.0. The highest BCUT2D eigenvalue weighted by Gasteiger charge is 2.07. The van der Waals surface area contributed by atoms with Gasteiger partial charge < -0.3 is 9.47 Å². The number of rotatable bonds is 4. The lowest BCUT2D eigenvalue weighted by atomic mass is 10.2. The maximum atomic E-state index is 5.78. The summed E-state index contributed by atoms with van der Waals surface area (Å²) >= 11 is 0. The first kappa shape index (κ1) is 13.2. The fourth-order valence-corrected chi connectivity index (χ4v) is 2.05. The van der Waals surface area contributed by atoms with Crippen molar-refractivity contribution in [2.45, 2.75) is 6.92 Å². The summed E-state index contributed by atoms with van der Waals surface area (Å²) in [7, 11) is 1.64. The Kier molecular flexibility index (Phi) is 3.60. The zero-order chi connectivity index (χ0) is 14.7. The lowest BCUT2D eigenvalue weighted by molar-refractivity contribution is 0.411. The summed E-state index contributed by atoms with van der Waals surface area (Å²) in [5.74, 6) is 2.24. The molecular formula is C17H16N2O2. The first-order chi connectivity index (χ1) is 10.3. The lowest BCUT2D eigenvalue weighted by Crippen LogP contribution is -1.97. The number of para-hydroxylation sites is 2. The molecule has 3 aromatic rings. The molecule has 0 saturated carbocycles. The first-order valence-corrected chi connectivity index (χ1v) is 6.69. The molecule has 2 aromatic carbocycles. The molecule has 0 bridgehead atoms. The fourth-order valence-electron chi connectivity index (χ4n) is 2.05. The summed E-state index contributed by atoms with van der Waals surface area (Å²) in [5, 5.41) is 4.32. The van der Waals surface area contributed by atoms with Crippen LogP contribution in [0.5, 0.6) is 17.2 Å². The van der Waals surface area contributed by atoms with Crippen molar-refractivity contribution < 1.29 is 9.47 Å². The molecule has 0 aliphatic rings.